The minimum absolute atomic E-state index is 0.292. The number of urea groups is 1. The van der Waals surface area contributed by atoms with Gasteiger partial charge in [0.2, 0.25) is 0 Å². The van der Waals surface area contributed by atoms with E-state index in [1.165, 1.54) is 24.3 Å². The maximum Gasteiger partial charge on any atom is 0.573 e. The monoisotopic (exact) mass is 515 g/mol. The van der Waals surface area contributed by atoms with Gasteiger partial charge < -0.3 is 10.1 Å². The van der Waals surface area contributed by atoms with Crippen molar-refractivity contribution in [1.29, 1.82) is 0 Å². The third-order valence-electron chi connectivity index (χ3n) is 4.88. The Bertz CT molecular complexity index is 1220. The molecule has 0 saturated carbocycles. The van der Waals surface area contributed by atoms with Gasteiger partial charge >= 0.3 is 12.4 Å². The highest BCUT2D eigenvalue weighted by Crippen LogP contribution is 2.23. The second-order valence-electron chi connectivity index (χ2n) is 7.65. The number of para-hydroxylation sites is 1. The lowest BCUT2D eigenvalue weighted by Gasteiger charge is -2.10. The van der Waals surface area contributed by atoms with Crippen LogP contribution in [0.2, 0.25) is 0 Å². The molecule has 36 heavy (non-hydrogen) atoms. The molecule has 0 aliphatic rings. The molecular formula is C25H24F3N5O2S. The summed E-state index contributed by atoms with van der Waals surface area (Å²) in [6, 6.07) is 18.1. The predicted molar refractivity (Wildman–Crippen MR) is 139 cm³/mol. The van der Waals surface area contributed by atoms with Gasteiger partial charge in [-0.3, -0.25) is 10.1 Å². The minimum atomic E-state index is -4.73. The average molecular weight is 516 g/mol. The van der Waals surface area contributed by atoms with E-state index in [4.69, 9.17) is 0 Å². The zero-order chi connectivity index (χ0) is 26.1. The van der Waals surface area contributed by atoms with Crippen molar-refractivity contribution in [2.45, 2.75) is 27.1 Å². The first-order valence-corrected chi connectivity index (χ1v) is 11.5. The Hall–Kier alpha value is -3.99. The van der Waals surface area contributed by atoms with Gasteiger partial charge in [0.15, 0.2) is 0 Å². The number of hydrazone groups is 1. The van der Waals surface area contributed by atoms with Gasteiger partial charge in [-0.15, -0.1) is 13.2 Å². The molecule has 7 nitrogen and oxygen atoms in total. The number of ether oxygens (including phenoxy) is 1. The number of halogens is 3. The van der Waals surface area contributed by atoms with Crippen molar-refractivity contribution in [2.75, 3.05) is 10.7 Å². The van der Waals surface area contributed by atoms with Crippen LogP contribution in [0.1, 0.15) is 29.2 Å². The van der Waals surface area contributed by atoms with E-state index in [-0.39, 0.29) is 11.8 Å². The van der Waals surface area contributed by atoms with E-state index >= 15 is 0 Å². The molecule has 188 valence electrons. The van der Waals surface area contributed by atoms with Crippen molar-refractivity contribution >= 4 is 41.5 Å². The van der Waals surface area contributed by atoms with Crippen molar-refractivity contribution in [3.8, 4) is 5.75 Å². The molecule has 3 rings (SSSR count). The number of carbonyl (C=O) groups excluding carboxylic acids is 1. The summed E-state index contributed by atoms with van der Waals surface area (Å²) >= 11 is 0.906. The Labute approximate surface area is 211 Å². The highest BCUT2D eigenvalue weighted by atomic mass is 32.2. The van der Waals surface area contributed by atoms with Gasteiger partial charge in [0.1, 0.15) is 5.75 Å². The van der Waals surface area contributed by atoms with E-state index in [0.29, 0.717) is 17.0 Å². The fourth-order valence-electron chi connectivity index (χ4n) is 3.06. The van der Waals surface area contributed by atoms with Crippen molar-refractivity contribution in [3.63, 3.8) is 0 Å². The van der Waals surface area contributed by atoms with Crippen molar-refractivity contribution in [1.82, 2.24) is 4.72 Å². The summed E-state index contributed by atoms with van der Waals surface area (Å²) < 4.78 is 47.4. The van der Waals surface area contributed by atoms with Gasteiger partial charge in [-0.1, -0.05) is 30.3 Å². The number of hydrogen-bond acceptors (Lipinski definition) is 6. The number of nitrogens with one attached hydrogen (secondary N) is 3. The van der Waals surface area contributed by atoms with E-state index < -0.39 is 6.36 Å². The molecule has 3 aromatic rings. The lowest BCUT2D eigenvalue weighted by Crippen LogP contribution is -2.23. The summed E-state index contributed by atoms with van der Waals surface area (Å²) in [7, 11) is 0. The lowest BCUT2D eigenvalue weighted by atomic mass is 10.1. The standard InChI is InChI=1S/C25H24F3N5O2S/c1-16-5-4-6-17(2)23(16)30-24(34)33-36-29-15-19-7-11-21(12-8-19)32-31-18(3)20-9-13-22(14-10-20)35-25(26,27)28/h4-15,32H,1-3H3,(H2,30,33,34)/b29-15?,31-18-. The first-order valence-electron chi connectivity index (χ1n) is 10.7. The van der Waals surface area contributed by atoms with E-state index in [9.17, 15) is 18.0 Å². The summed E-state index contributed by atoms with van der Waals surface area (Å²) in [6.45, 7) is 5.58. The molecule has 3 aromatic carbocycles. The number of carbonyl (C=O) groups is 1. The minimum Gasteiger partial charge on any atom is -0.406 e. The van der Waals surface area contributed by atoms with Gasteiger partial charge in [0.05, 0.1) is 23.5 Å². The largest absolute Gasteiger partial charge is 0.573 e. The zero-order valence-corrected chi connectivity index (χ0v) is 20.5. The van der Waals surface area contributed by atoms with Crippen LogP contribution in [0.25, 0.3) is 0 Å². The quantitative estimate of drug-likeness (QED) is 0.174. The molecule has 0 radical (unpaired) electrons. The van der Waals surface area contributed by atoms with Crippen LogP contribution in [0.15, 0.2) is 76.2 Å². The van der Waals surface area contributed by atoms with Crippen molar-refractivity contribution in [3.05, 3.63) is 89.0 Å². The smallest absolute Gasteiger partial charge is 0.406 e. The van der Waals surface area contributed by atoms with Crippen molar-refractivity contribution in [2.24, 2.45) is 9.50 Å². The number of alkyl halides is 3. The van der Waals surface area contributed by atoms with Crippen LogP contribution in [-0.4, -0.2) is 24.3 Å². The fourth-order valence-corrected chi connectivity index (χ4v) is 3.42. The van der Waals surface area contributed by atoms with Crippen LogP contribution < -0.4 is 20.2 Å². The molecule has 0 spiro atoms. The Morgan fingerprint density at radius 3 is 2.22 bits per heavy atom. The summed E-state index contributed by atoms with van der Waals surface area (Å²) in [5, 5.41) is 7.07. The van der Waals surface area contributed by atoms with Gasteiger partial charge in [-0.05, 0) is 79.4 Å². The molecule has 0 heterocycles. The highest BCUT2D eigenvalue weighted by Gasteiger charge is 2.30. The molecule has 0 unspecified atom stereocenters. The Balaban J connectivity index is 1.47. The normalized spacial score (nSPS) is 11.9. The number of hydrogen-bond donors (Lipinski definition) is 3. The number of aryl methyl sites for hydroxylation is 2. The Morgan fingerprint density at radius 1 is 0.972 bits per heavy atom. The summed E-state index contributed by atoms with van der Waals surface area (Å²) in [5.41, 5.74) is 8.37. The maximum atomic E-state index is 12.3. The number of anilines is 2. The second-order valence-corrected chi connectivity index (χ2v) is 8.25. The molecule has 0 aliphatic carbocycles. The Kier molecular flexibility index (Phi) is 8.96. The molecule has 0 aliphatic heterocycles. The molecule has 3 N–H and O–H groups in total. The maximum absolute atomic E-state index is 12.3. The second kappa shape index (κ2) is 12.1. The molecule has 0 saturated heterocycles. The molecule has 2 amide bonds. The number of rotatable bonds is 8. The molecule has 0 bridgehead atoms. The van der Waals surface area contributed by atoms with Gasteiger partial charge in [0, 0.05) is 11.9 Å². The highest BCUT2D eigenvalue weighted by molar-refractivity contribution is 7.96. The summed E-state index contributed by atoms with van der Waals surface area (Å²) in [5.74, 6) is -0.292. The predicted octanol–water partition coefficient (Wildman–Crippen LogP) is 6.84. The SMILES string of the molecule is C/C(=N/Nc1ccc(C=NSNC(=O)Nc2c(C)cccc2C)cc1)c1ccc(OC(F)(F)F)cc1. The van der Waals surface area contributed by atoms with Crippen LogP contribution in [0.5, 0.6) is 5.75 Å². The number of nitrogens with zero attached hydrogens (tertiary/aromatic N) is 2. The van der Waals surface area contributed by atoms with Crippen LogP contribution >= 0.6 is 12.1 Å². The van der Waals surface area contributed by atoms with Gasteiger partial charge in [0.25, 0.3) is 0 Å². The van der Waals surface area contributed by atoms with Gasteiger partial charge in [-0.2, -0.15) is 5.10 Å². The van der Waals surface area contributed by atoms with Crippen LogP contribution in [0.4, 0.5) is 29.3 Å². The van der Waals surface area contributed by atoms with Crippen LogP contribution in [0, 0.1) is 13.8 Å². The van der Waals surface area contributed by atoms with E-state index in [1.54, 1.807) is 25.3 Å². The van der Waals surface area contributed by atoms with Crippen LogP contribution in [0.3, 0.4) is 0 Å². The molecule has 11 heteroatoms. The zero-order valence-electron chi connectivity index (χ0n) is 19.7. The Morgan fingerprint density at radius 2 is 1.61 bits per heavy atom. The first kappa shape index (κ1) is 26.6. The van der Waals surface area contributed by atoms with Crippen LogP contribution in [-0.2, 0) is 0 Å². The summed E-state index contributed by atoms with van der Waals surface area (Å²) in [6.07, 6.45) is -3.12. The molecule has 0 atom stereocenters. The van der Waals surface area contributed by atoms with E-state index in [1.807, 2.05) is 44.2 Å². The number of amides is 2. The van der Waals surface area contributed by atoms with E-state index in [0.717, 1.165) is 34.5 Å². The third kappa shape index (κ3) is 8.35. The third-order valence-corrected chi connectivity index (χ3v) is 5.37. The van der Waals surface area contributed by atoms with Gasteiger partial charge in [-0.25, -0.2) is 9.19 Å². The molecule has 0 aromatic heterocycles. The summed E-state index contributed by atoms with van der Waals surface area (Å²) in [4.78, 5) is 12.1. The first-order chi connectivity index (χ1) is 17.1. The van der Waals surface area contributed by atoms with Crippen molar-refractivity contribution < 1.29 is 22.7 Å². The number of benzene rings is 3. The fraction of sp³-hybridized carbons (Fsp3) is 0.160. The molecular weight excluding hydrogens is 491 g/mol. The average Bonchev–Trinajstić information content (AvgIpc) is 2.83. The molecule has 0 fully saturated rings. The topological polar surface area (TPSA) is 87.1 Å². The van der Waals surface area contributed by atoms with E-state index in [2.05, 4.69) is 29.7 Å². The lowest BCUT2D eigenvalue weighted by molar-refractivity contribution is -0.274.